The highest BCUT2D eigenvalue weighted by molar-refractivity contribution is 5.93. The van der Waals surface area contributed by atoms with Crippen LogP contribution in [0.5, 0.6) is 5.75 Å². The molecule has 27 heavy (non-hydrogen) atoms. The number of halogens is 1. The Balaban J connectivity index is 1.43. The second-order valence-corrected chi connectivity index (χ2v) is 6.40. The summed E-state index contributed by atoms with van der Waals surface area (Å²) in [4.78, 5) is 9.04. The fourth-order valence-electron chi connectivity index (χ4n) is 3.12. The van der Waals surface area contributed by atoms with Gasteiger partial charge in [-0.25, -0.2) is 4.39 Å². The maximum absolute atomic E-state index is 13.0. The van der Waals surface area contributed by atoms with Crippen molar-refractivity contribution in [3.8, 4) is 5.75 Å². The highest BCUT2D eigenvalue weighted by Crippen LogP contribution is 2.22. The molecule has 144 valence electrons. The van der Waals surface area contributed by atoms with E-state index < -0.39 is 0 Å². The molecule has 1 aliphatic heterocycles. The van der Waals surface area contributed by atoms with Gasteiger partial charge in [-0.2, -0.15) is 0 Å². The number of methoxy groups -OCH3 is 1. The predicted octanol–water partition coefficient (Wildman–Crippen LogP) is 2.38. The summed E-state index contributed by atoms with van der Waals surface area (Å²) in [6, 6.07) is 14.3. The summed E-state index contributed by atoms with van der Waals surface area (Å²) in [7, 11) is 1.62. The van der Waals surface area contributed by atoms with Crippen LogP contribution in [0.25, 0.3) is 0 Å². The number of ether oxygens (including phenoxy) is 1. The molecule has 7 heteroatoms. The standard InChI is InChI=1S/C20H26FN5O/c1-27-19-5-3-2-4-18(19)24-20(22)23-10-11-25-12-14-26(15-13-25)17-8-6-16(21)7-9-17/h2-9H,10-15H2,1H3,(H3,22,23,24). The number of rotatable bonds is 6. The van der Waals surface area contributed by atoms with Crippen LogP contribution in [-0.2, 0) is 0 Å². The monoisotopic (exact) mass is 371 g/mol. The first-order valence-electron chi connectivity index (χ1n) is 9.08. The van der Waals surface area contributed by atoms with Crippen molar-refractivity contribution in [1.29, 1.82) is 0 Å². The molecule has 2 aromatic rings. The number of nitrogens with zero attached hydrogens (tertiary/aromatic N) is 3. The lowest BCUT2D eigenvalue weighted by Gasteiger charge is -2.35. The van der Waals surface area contributed by atoms with Crippen LogP contribution >= 0.6 is 0 Å². The Bertz CT molecular complexity index is 757. The van der Waals surface area contributed by atoms with Gasteiger partial charge in [-0.1, -0.05) is 12.1 Å². The van der Waals surface area contributed by atoms with E-state index in [2.05, 4.69) is 20.1 Å². The molecular formula is C20H26FN5O. The molecule has 3 rings (SSSR count). The van der Waals surface area contributed by atoms with Crippen LogP contribution in [0.4, 0.5) is 15.8 Å². The van der Waals surface area contributed by atoms with Crippen molar-refractivity contribution >= 4 is 17.3 Å². The molecule has 0 spiro atoms. The SMILES string of the molecule is COc1ccccc1NC(N)=NCCN1CCN(c2ccc(F)cc2)CC1. The number of nitrogens with one attached hydrogen (secondary N) is 1. The Morgan fingerprint density at radius 1 is 1.11 bits per heavy atom. The summed E-state index contributed by atoms with van der Waals surface area (Å²) in [6.45, 7) is 5.23. The summed E-state index contributed by atoms with van der Waals surface area (Å²) in [5, 5.41) is 3.08. The van der Waals surface area contributed by atoms with Gasteiger partial charge in [0.1, 0.15) is 11.6 Å². The molecule has 2 aromatic carbocycles. The van der Waals surface area contributed by atoms with Crippen molar-refractivity contribution in [2.45, 2.75) is 0 Å². The third kappa shape index (κ3) is 5.34. The number of nitrogens with two attached hydrogens (primary N) is 1. The highest BCUT2D eigenvalue weighted by atomic mass is 19.1. The zero-order valence-corrected chi connectivity index (χ0v) is 15.6. The van der Waals surface area contributed by atoms with Crippen LogP contribution in [0.2, 0.25) is 0 Å². The molecule has 6 nitrogen and oxygen atoms in total. The maximum Gasteiger partial charge on any atom is 0.193 e. The van der Waals surface area contributed by atoms with E-state index in [0.29, 0.717) is 12.5 Å². The summed E-state index contributed by atoms with van der Waals surface area (Å²) in [5.74, 6) is 0.909. The molecule has 0 amide bonds. The summed E-state index contributed by atoms with van der Waals surface area (Å²) in [5.41, 5.74) is 7.85. The van der Waals surface area contributed by atoms with E-state index in [1.807, 2.05) is 36.4 Å². The molecule has 0 aromatic heterocycles. The number of benzene rings is 2. The molecule has 1 heterocycles. The van der Waals surface area contributed by atoms with Gasteiger partial charge in [0.25, 0.3) is 0 Å². The van der Waals surface area contributed by atoms with Crippen molar-refractivity contribution in [3.63, 3.8) is 0 Å². The molecule has 0 unspecified atom stereocenters. The van der Waals surface area contributed by atoms with Gasteiger partial charge in [0.05, 0.1) is 19.3 Å². The topological polar surface area (TPSA) is 66.1 Å². The van der Waals surface area contributed by atoms with Gasteiger partial charge in [0.15, 0.2) is 5.96 Å². The van der Waals surface area contributed by atoms with E-state index in [0.717, 1.165) is 49.8 Å². The number of para-hydroxylation sites is 2. The lowest BCUT2D eigenvalue weighted by Crippen LogP contribution is -2.47. The van der Waals surface area contributed by atoms with Gasteiger partial charge in [-0.05, 0) is 36.4 Å². The Morgan fingerprint density at radius 3 is 2.52 bits per heavy atom. The minimum atomic E-state index is -0.199. The second kappa shape index (κ2) is 9.23. The zero-order chi connectivity index (χ0) is 19.1. The molecule has 1 saturated heterocycles. The van der Waals surface area contributed by atoms with E-state index in [-0.39, 0.29) is 5.82 Å². The van der Waals surface area contributed by atoms with Crippen molar-refractivity contribution < 1.29 is 9.13 Å². The molecule has 0 saturated carbocycles. The fourth-order valence-corrected chi connectivity index (χ4v) is 3.12. The first-order chi connectivity index (χ1) is 13.2. The molecule has 0 bridgehead atoms. The predicted molar refractivity (Wildman–Crippen MR) is 108 cm³/mol. The van der Waals surface area contributed by atoms with Crippen LogP contribution in [0.1, 0.15) is 0 Å². The average molecular weight is 371 g/mol. The van der Waals surface area contributed by atoms with Crippen molar-refractivity contribution in [3.05, 3.63) is 54.3 Å². The summed E-state index contributed by atoms with van der Waals surface area (Å²) < 4.78 is 18.3. The number of anilines is 2. The van der Waals surface area contributed by atoms with Gasteiger partial charge in [-0.15, -0.1) is 0 Å². The lowest BCUT2D eigenvalue weighted by molar-refractivity contribution is 0.265. The molecule has 3 N–H and O–H groups in total. The van der Waals surface area contributed by atoms with Crippen LogP contribution in [0.3, 0.4) is 0 Å². The van der Waals surface area contributed by atoms with Gasteiger partial charge < -0.3 is 20.7 Å². The lowest BCUT2D eigenvalue weighted by atomic mass is 10.2. The third-order valence-electron chi connectivity index (χ3n) is 4.63. The number of guanidine groups is 1. The van der Waals surface area contributed by atoms with E-state index >= 15 is 0 Å². The first-order valence-corrected chi connectivity index (χ1v) is 9.08. The van der Waals surface area contributed by atoms with Gasteiger partial charge in [-0.3, -0.25) is 9.89 Å². The Morgan fingerprint density at radius 2 is 1.81 bits per heavy atom. The number of hydrogen-bond donors (Lipinski definition) is 2. The largest absolute Gasteiger partial charge is 0.495 e. The first kappa shape index (κ1) is 19.0. The van der Waals surface area contributed by atoms with Gasteiger partial charge >= 0.3 is 0 Å². The van der Waals surface area contributed by atoms with Gasteiger partial charge in [0.2, 0.25) is 0 Å². The fraction of sp³-hybridized carbons (Fsp3) is 0.350. The summed E-state index contributed by atoms with van der Waals surface area (Å²) >= 11 is 0. The van der Waals surface area contributed by atoms with E-state index in [1.54, 1.807) is 7.11 Å². The van der Waals surface area contributed by atoms with Crippen LogP contribution in [0, 0.1) is 5.82 Å². The van der Waals surface area contributed by atoms with E-state index in [1.165, 1.54) is 12.1 Å². The highest BCUT2D eigenvalue weighted by Gasteiger charge is 2.16. The number of aliphatic imine (C=N–C) groups is 1. The smallest absolute Gasteiger partial charge is 0.193 e. The summed E-state index contributed by atoms with van der Waals surface area (Å²) in [6.07, 6.45) is 0. The Hall–Kier alpha value is -2.80. The minimum absolute atomic E-state index is 0.199. The number of piperazine rings is 1. The molecule has 0 aliphatic carbocycles. The minimum Gasteiger partial charge on any atom is -0.495 e. The van der Waals surface area contributed by atoms with Crippen molar-refractivity contribution in [1.82, 2.24) is 4.90 Å². The molecule has 1 aliphatic rings. The molecule has 1 fully saturated rings. The van der Waals surface area contributed by atoms with Crippen LogP contribution in [-0.4, -0.2) is 57.2 Å². The Labute approximate surface area is 159 Å². The second-order valence-electron chi connectivity index (χ2n) is 6.40. The van der Waals surface area contributed by atoms with E-state index in [9.17, 15) is 4.39 Å². The van der Waals surface area contributed by atoms with Crippen LogP contribution < -0.4 is 20.7 Å². The maximum atomic E-state index is 13.0. The normalized spacial score (nSPS) is 15.6. The van der Waals surface area contributed by atoms with Crippen molar-refractivity contribution in [2.24, 2.45) is 10.7 Å². The molecule has 0 radical (unpaired) electrons. The zero-order valence-electron chi connectivity index (χ0n) is 15.6. The van der Waals surface area contributed by atoms with E-state index in [4.69, 9.17) is 10.5 Å². The van der Waals surface area contributed by atoms with Crippen molar-refractivity contribution in [2.75, 3.05) is 56.6 Å². The Kier molecular flexibility index (Phi) is 6.49. The van der Waals surface area contributed by atoms with Crippen LogP contribution in [0.15, 0.2) is 53.5 Å². The third-order valence-corrected chi connectivity index (χ3v) is 4.63. The average Bonchev–Trinajstić information content (AvgIpc) is 2.69. The van der Waals surface area contributed by atoms with Gasteiger partial charge in [0, 0.05) is 38.4 Å². The quantitative estimate of drug-likeness (QED) is 0.603. The molecular weight excluding hydrogens is 345 g/mol. The molecule has 0 atom stereocenters. The number of hydrogen-bond acceptors (Lipinski definition) is 4.